The molecule has 0 fully saturated rings. The average molecular weight is 689 g/mol. The van der Waals surface area contributed by atoms with Crippen molar-refractivity contribution in [2.45, 2.75) is 44.9 Å². The van der Waals surface area contributed by atoms with E-state index >= 15 is 0 Å². The lowest BCUT2D eigenvalue weighted by atomic mass is 9.74. The van der Waals surface area contributed by atoms with E-state index in [0.717, 1.165) is 25.7 Å². The molecule has 1 aromatic heterocycles. The van der Waals surface area contributed by atoms with Gasteiger partial charge in [0.1, 0.15) is 0 Å². The Bertz CT molecular complexity index is 2560. The maximum atomic E-state index is 2.57. The topological polar surface area (TPSA) is 6.48 Å². The van der Waals surface area contributed by atoms with E-state index < -0.39 is 0 Å². The first-order valence-electron chi connectivity index (χ1n) is 18.5. The van der Waals surface area contributed by atoms with Gasteiger partial charge in [0.25, 0.3) is 0 Å². The summed E-state index contributed by atoms with van der Waals surface area (Å²) < 4.78 is 2.69. The monoisotopic (exact) mass is 688 g/mol. The second-order valence-corrected chi connectivity index (χ2v) is 15.7. The molecule has 0 amide bonds. The summed E-state index contributed by atoms with van der Waals surface area (Å²) in [5, 5.41) is 2.75. The number of thiophene rings is 1. The zero-order valence-corrected chi connectivity index (χ0v) is 30.5. The Morgan fingerprint density at radius 3 is 1.56 bits per heavy atom. The number of anilines is 6. The molecule has 252 valence electrons. The van der Waals surface area contributed by atoms with E-state index in [4.69, 9.17) is 0 Å². The van der Waals surface area contributed by atoms with Gasteiger partial charge in [-0.1, -0.05) is 91.0 Å². The normalized spacial score (nSPS) is 16.0. The van der Waals surface area contributed by atoms with Gasteiger partial charge in [-0.3, -0.25) is 0 Å². The quantitative estimate of drug-likeness (QED) is 0.172. The summed E-state index contributed by atoms with van der Waals surface area (Å²) in [5.41, 5.74) is 15.9. The van der Waals surface area contributed by atoms with E-state index in [9.17, 15) is 0 Å². The van der Waals surface area contributed by atoms with Crippen LogP contribution in [0.5, 0.6) is 0 Å². The summed E-state index contributed by atoms with van der Waals surface area (Å²) in [6.45, 7) is 4.54. The fraction of sp³-hybridized carbons (Fsp3) is 0.143. The van der Waals surface area contributed by atoms with E-state index in [0.29, 0.717) is 0 Å². The number of para-hydroxylation sites is 3. The van der Waals surface area contributed by atoms with Gasteiger partial charge in [-0.05, 0) is 140 Å². The van der Waals surface area contributed by atoms with Crippen molar-refractivity contribution in [3.05, 3.63) is 191 Å². The summed E-state index contributed by atoms with van der Waals surface area (Å²) in [7, 11) is 0. The Morgan fingerprint density at radius 1 is 0.462 bits per heavy atom. The highest BCUT2D eigenvalue weighted by Crippen LogP contribution is 2.60. The lowest BCUT2D eigenvalue weighted by Gasteiger charge is -2.37. The molecule has 7 aromatic carbocycles. The van der Waals surface area contributed by atoms with Crippen molar-refractivity contribution in [2.24, 2.45) is 0 Å². The number of hydrogen-bond acceptors (Lipinski definition) is 3. The molecule has 0 bridgehead atoms. The Labute approximate surface area is 310 Å². The summed E-state index contributed by atoms with van der Waals surface area (Å²) in [5.74, 6) is 0. The smallest absolute Gasteiger partial charge is 0.0505 e. The predicted molar refractivity (Wildman–Crippen MR) is 222 cm³/mol. The molecule has 2 nitrogen and oxygen atoms in total. The van der Waals surface area contributed by atoms with Crippen molar-refractivity contribution in [1.82, 2.24) is 0 Å². The molecule has 2 aliphatic rings. The molecule has 1 atom stereocenters. The molecule has 0 radical (unpaired) electrons. The maximum absolute atomic E-state index is 2.57. The minimum atomic E-state index is -0.112. The van der Waals surface area contributed by atoms with Gasteiger partial charge in [0.15, 0.2) is 0 Å². The predicted octanol–water partition coefficient (Wildman–Crippen LogP) is 13.8. The minimum Gasteiger partial charge on any atom is -0.310 e. The van der Waals surface area contributed by atoms with Crippen molar-refractivity contribution in [1.29, 1.82) is 0 Å². The summed E-state index contributed by atoms with van der Waals surface area (Å²) >= 11 is 1.91. The SMILES string of the molecule is Cc1cc2c(cc1N(c1ccccc1)c1cccc3c1[C@]1(CCc4cccc(N(c5ccccc5)c5ccccc5)c41)CC3)sc1cccc(C)c12. The zero-order valence-electron chi connectivity index (χ0n) is 29.6. The van der Waals surface area contributed by atoms with Crippen molar-refractivity contribution < 1.29 is 0 Å². The van der Waals surface area contributed by atoms with Crippen LogP contribution in [0.2, 0.25) is 0 Å². The van der Waals surface area contributed by atoms with E-state index in [1.165, 1.54) is 87.7 Å². The van der Waals surface area contributed by atoms with Gasteiger partial charge >= 0.3 is 0 Å². The summed E-state index contributed by atoms with van der Waals surface area (Å²) in [6, 6.07) is 58.6. The van der Waals surface area contributed by atoms with Crippen LogP contribution in [0.1, 0.15) is 46.2 Å². The number of hydrogen-bond donors (Lipinski definition) is 0. The van der Waals surface area contributed by atoms with Gasteiger partial charge in [-0.15, -0.1) is 11.3 Å². The maximum Gasteiger partial charge on any atom is 0.0505 e. The van der Waals surface area contributed by atoms with Crippen LogP contribution in [0.4, 0.5) is 34.1 Å². The number of rotatable bonds is 6. The largest absolute Gasteiger partial charge is 0.310 e. The first kappa shape index (κ1) is 31.1. The third-order valence-electron chi connectivity index (χ3n) is 11.6. The molecular weight excluding hydrogens is 649 g/mol. The number of fused-ring (bicyclic) bond motifs is 7. The fourth-order valence-corrected chi connectivity index (χ4v) is 10.7. The fourth-order valence-electron chi connectivity index (χ4n) is 9.47. The number of aryl methyl sites for hydroxylation is 4. The van der Waals surface area contributed by atoms with Crippen LogP contribution in [0.3, 0.4) is 0 Å². The van der Waals surface area contributed by atoms with Crippen molar-refractivity contribution >= 4 is 65.6 Å². The first-order valence-corrected chi connectivity index (χ1v) is 19.3. The highest BCUT2D eigenvalue weighted by atomic mass is 32.1. The Hall–Kier alpha value is -5.64. The zero-order chi connectivity index (χ0) is 34.8. The van der Waals surface area contributed by atoms with Crippen LogP contribution in [0.15, 0.2) is 158 Å². The highest BCUT2D eigenvalue weighted by Gasteiger charge is 2.49. The van der Waals surface area contributed by atoms with Gasteiger partial charge < -0.3 is 9.80 Å². The molecule has 0 unspecified atom stereocenters. The summed E-state index contributed by atoms with van der Waals surface area (Å²) in [6.07, 6.45) is 4.36. The van der Waals surface area contributed by atoms with E-state index in [1.54, 1.807) is 0 Å². The standard InChI is InChI=1S/C49H40N2S/c1-33-15-12-26-44-46(33)40-31-34(2)43(32-45(40)52-44)51(39-22-10-5-11-23-39)42-25-14-17-36-28-30-49(48(36)42)29-27-35-16-13-24-41(47(35)49)50(37-18-6-3-7-19-37)38-20-8-4-9-21-38/h3-26,31-32H,27-30H2,1-2H3/t49-/m1/s1. The van der Waals surface area contributed by atoms with Crippen molar-refractivity contribution in [2.75, 3.05) is 9.80 Å². The molecule has 3 heteroatoms. The van der Waals surface area contributed by atoms with E-state index in [2.05, 4.69) is 181 Å². The molecule has 0 N–H and O–H groups in total. The summed E-state index contributed by atoms with van der Waals surface area (Å²) in [4.78, 5) is 5.06. The second-order valence-electron chi connectivity index (χ2n) is 14.6. The third kappa shape index (κ3) is 4.76. The number of benzene rings is 7. The molecule has 0 saturated heterocycles. The molecule has 1 spiro atoms. The van der Waals surface area contributed by atoms with Gasteiger partial charge in [-0.25, -0.2) is 0 Å². The Balaban J connectivity index is 1.21. The van der Waals surface area contributed by atoms with Crippen LogP contribution in [0.25, 0.3) is 20.2 Å². The Kier molecular flexibility index (Phi) is 7.33. The van der Waals surface area contributed by atoms with Gasteiger partial charge in [0, 0.05) is 42.6 Å². The van der Waals surface area contributed by atoms with Crippen LogP contribution < -0.4 is 9.80 Å². The van der Waals surface area contributed by atoms with Gasteiger partial charge in [0.05, 0.1) is 17.1 Å². The van der Waals surface area contributed by atoms with Crippen LogP contribution in [-0.4, -0.2) is 0 Å². The van der Waals surface area contributed by atoms with E-state index in [1.807, 2.05) is 11.3 Å². The molecule has 2 aliphatic carbocycles. The third-order valence-corrected chi connectivity index (χ3v) is 12.8. The molecular formula is C49H40N2S. The van der Waals surface area contributed by atoms with Crippen LogP contribution in [0, 0.1) is 13.8 Å². The van der Waals surface area contributed by atoms with Crippen LogP contribution >= 0.6 is 11.3 Å². The van der Waals surface area contributed by atoms with E-state index in [-0.39, 0.29) is 5.41 Å². The highest BCUT2D eigenvalue weighted by molar-refractivity contribution is 7.25. The van der Waals surface area contributed by atoms with Crippen LogP contribution in [-0.2, 0) is 18.3 Å². The molecule has 0 aliphatic heterocycles. The number of nitrogens with zero attached hydrogens (tertiary/aromatic N) is 2. The molecule has 10 rings (SSSR count). The van der Waals surface area contributed by atoms with Crippen molar-refractivity contribution in [3.8, 4) is 0 Å². The lowest BCUT2D eigenvalue weighted by molar-refractivity contribution is 0.508. The molecule has 8 aromatic rings. The minimum absolute atomic E-state index is 0.112. The molecule has 1 heterocycles. The Morgan fingerprint density at radius 2 is 0.981 bits per heavy atom. The second kappa shape index (κ2) is 12.3. The molecule has 52 heavy (non-hydrogen) atoms. The molecule has 0 saturated carbocycles. The van der Waals surface area contributed by atoms with Crippen molar-refractivity contribution in [3.63, 3.8) is 0 Å². The van der Waals surface area contributed by atoms with Gasteiger partial charge in [-0.2, -0.15) is 0 Å². The first-order chi connectivity index (χ1) is 25.6. The average Bonchev–Trinajstić information content (AvgIpc) is 3.88. The van der Waals surface area contributed by atoms with Gasteiger partial charge in [0.2, 0.25) is 0 Å². The lowest BCUT2D eigenvalue weighted by Crippen LogP contribution is -2.27.